The van der Waals surface area contributed by atoms with Crippen LogP contribution in [0.1, 0.15) is 23.1 Å². The van der Waals surface area contributed by atoms with Crippen LogP contribution in [0.4, 0.5) is 4.39 Å². The lowest BCUT2D eigenvalue weighted by Gasteiger charge is -2.10. The molecule has 0 radical (unpaired) electrons. The summed E-state index contributed by atoms with van der Waals surface area (Å²) in [5.74, 6) is 1.30. The number of hydrogen-bond donors (Lipinski definition) is 0. The minimum absolute atomic E-state index is 0.293. The van der Waals surface area contributed by atoms with E-state index in [0.717, 1.165) is 35.6 Å². The van der Waals surface area contributed by atoms with Crippen molar-refractivity contribution in [1.29, 1.82) is 0 Å². The molecular formula is C20H17FN4O. The van der Waals surface area contributed by atoms with Crippen LogP contribution in [0.5, 0.6) is 0 Å². The van der Waals surface area contributed by atoms with Gasteiger partial charge in [-0.3, -0.25) is 4.79 Å². The van der Waals surface area contributed by atoms with Crippen LogP contribution in [0.25, 0.3) is 22.4 Å². The molecule has 5 nitrogen and oxygen atoms in total. The maximum atomic E-state index is 13.5. The van der Waals surface area contributed by atoms with Crippen molar-refractivity contribution in [3.63, 3.8) is 0 Å². The van der Waals surface area contributed by atoms with E-state index < -0.39 is 0 Å². The Balaban J connectivity index is 1.76. The van der Waals surface area contributed by atoms with Crippen LogP contribution >= 0.6 is 0 Å². The number of aldehydes is 1. The molecule has 2 heterocycles. The average Bonchev–Trinajstić information content (AvgIpc) is 3.25. The number of fused-ring (bicyclic) bond motifs is 1. The van der Waals surface area contributed by atoms with Gasteiger partial charge in [-0.15, -0.1) is 0 Å². The summed E-state index contributed by atoms with van der Waals surface area (Å²) in [4.78, 5) is 20.1. The average molecular weight is 348 g/mol. The van der Waals surface area contributed by atoms with Crippen molar-refractivity contribution < 1.29 is 9.18 Å². The molecule has 0 saturated carbocycles. The Morgan fingerprint density at radius 1 is 1.19 bits per heavy atom. The van der Waals surface area contributed by atoms with Gasteiger partial charge in [0.2, 0.25) is 0 Å². The summed E-state index contributed by atoms with van der Waals surface area (Å²) in [6.45, 7) is 3.28. The second kappa shape index (κ2) is 6.55. The molecule has 2 aromatic carbocycles. The van der Waals surface area contributed by atoms with Gasteiger partial charge in [0.15, 0.2) is 0 Å². The molecule has 2 aromatic heterocycles. The normalized spacial score (nSPS) is 11.2. The molecule has 130 valence electrons. The second-order valence-corrected chi connectivity index (χ2v) is 6.03. The van der Waals surface area contributed by atoms with Gasteiger partial charge >= 0.3 is 0 Å². The van der Waals surface area contributed by atoms with E-state index in [4.69, 9.17) is 0 Å². The first-order valence-corrected chi connectivity index (χ1v) is 8.41. The maximum absolute atomic E-state index is 13.5. The molecule has 0 aliphatic rings. The Morgan fingerprint density at radius 2 is 2.08 bits per heavy atom. The molecule has 0 saturated heterocycles. The standard InChI is InChI=1S/C20H17FN4O/c1-2-25-18-7-6-16(21)11-17(18)23-19(25)12-24-9-8-22-20(24)15-5-3-4-14(10-15)13-26/h3-11,13H,2,12H2,1H3. The summed E-state index contributed by atoms with van der Waals surface area (Å²) in [5, 5.41) is 0. The van der Waals surface area contributed by atoms with E-state index in [2.05, 4.69) is 14.5 Å². The van der Waals surface area contributed by atoms with Crippen LogP contribution in [0, 0.1) is 5.82 Å². The first-order valence-electron chi connectivity index (χ1n) is 8.41. The van der Waals surface area contributed by atoms with E-state index in [1.807, 2.05) is 35.9 Å². The van der Waals surface area contributed by atoms with E-state index in [1.165, 1.54) is 12.1 Å². The van der Waals surface area contributed by atoms with Gasteiger partial charge in [-0.2, -0.15) is 0 Å². The molecule has 0 unspecified atom stereocenters. The summed E-state index contributed by atoms with van der Waals surface area (Å²) in [6.07, 6.45) is 4.42. The van der Waals surface area contributed by atoms with E-state index in [0.29, 0.717) is 17.6 Å². The first-order chi connectivity index (χ1) is 12.7. The zero-order chi connectivity index (χ0) is 18.1. The van der Waals surface area contributed by atoms with Crippen molar-refractivity contribution in [3.8, 4) is 11.4 Å². The number of imidazole rings is 2. The number of aromatic nitrogens is 4. The molecule has 4 aromatic rings. The van der Waals surface area contributed by atoms with Crippen molar-refractivity contribution in [2.24, 2.45) is 0 Å². The molecule has 0 atom stereocenters. The van der Waals surface area contributed by atoms with E-state index in [9.17, 15) is 9.18 Å². The molecule has 0 aliphatic carbocycles. The number of hydrogen-bond acceptors (Lipinski definition) is 3. The molecule has 0 bridgehead atoms. The number of rotatable bonds is 5. The predicted molar refractivity (Wildman–Crippen MR) is 97.5 cm³/mol. The van der Waals surface area contributed by atoms with Crippen molar-refractivity contribution in [1.82, 2.24) is 19.1 Å². The lowest BCUT2D eigenvalue weighted by atomic mass is 10.1. The predicted octanol–water partition coefficient (Wildman–Crippen LogP) is 3.92. The monoisotopic (exact) mass is 348 g/mol. The van der Waals surface area contributed by atoms with Gasteiger partial charge in [0, 0.05) is 36.1 Å². The van der Waals surface area contributed by atoms with Gasteiger partial charge in [0.1, 0.15) is 23.8 Å². The highest BCUT2D eigenvalue weighted by atomic mass is 19.1. The number of benzene rings is 2. The third-order valence-electron chi connectivity index (χ3n) is 4.41. The summed E-state index contributed by atoms with van der Waals surface area (Å²) < 4.78 is 17.6. The summed E-state index contributed by atoms with van der Waals surface area (Å²) in [7, 11) is 0. The quantitative estimate of drug-likeness (QED) is 0.514. The summed E-state index contributed by atoms with van der Waals surface area (Å²) in [6, 6.07) is 12.0. The van der Waals surface area contributed by atoms with Crippen LogP contribution in [-0.4, -0.2) is 25.4 Å². The Kier molecular flexibility index (Phi) is 4.08. The van der Waals surface area contributed by atoms with Crippen molar-refractivity contribution in [2.45, 2.75) is 20.0 Å². The second-order valence-electron chi connectivity index (χ2n) is 6.03. The number of aryl methyl sites for hydroxylation is 1. The Morgan fingerprint density at radius 3 is 2.88 bits per heavy atom. The highest BCUT2D eigenvalue weighted by Gasteiger charge is 2.13. The van der Waals surface area contributed by atoms with Crippen LogP contribution in [0.15, 0.2) is 54.9 Å². The Hall–Kier alpha value is -3.28. The Labute approximate surface area is 149 Å². The lowest BCUT2D eigenvalue weighted by Crippen LogP contribution is -2.08. The minimum atomic E-state index is -0.293. The fraction of sp³-hybridized carbons (Fsp3) is 0.150. The minimum Gasteiger partial charge on any atom is -0.327 e. The van der Waals surface area contributed by atoms with Gasteiger partial charge in [0.25, 0.3) is 0 Å². The van der Waals surface area contributed by atoms with Crippen LogP contribution in [0.3, 0.4) is 0 Å². The third kappa shape index (κ3) is 2.79. The Bertz CT molecular complexity index is 1100. The summed E-state index contributed by atoms with van der Waals surface area (Å²) in [5.41, 5.74) is 3.03. The molecule has 26 heavy (non-hydrogen) atoms. The molecule has 0 amide bonds. The lowest BCUT2D eigenvalue weighted by molar-refractivity contribution is 0.112. The zero-order valence-electron chi connectivity index (χ0n) is 14.3. The number of nitrogens with zero attached hydrogens (tertiary/aromatic N) is 4. The first kappa shape index (κ1) is 16.2. The largest absolute Gasteiger partial charge is 0.327 e. The van der Waals surface area contributed by atoms with E-state index in [1.54, 1.807) is 18.3 Å². The highest BCUT2D eigenvalue weighted by molar-refractivity contribution is 5.78. The van der Waals surface area contributed by atoms with Gasteiger partial charge in [0.05, 0.1) is 17.6 Å². The van der Waals surface area contributed by atoms with Crippen molar-refractivity contribution >= 4 is 17.3 Å². The molecule has 6 heteroatoms. The molecule has 0 fully saturated rings. The smallest absolute Gasteiger partial charge is 0.150 e. The topological polar surface area (TPSA) is 52.7 Å². The van der Waals surface area contributed by atoms with Crippen LogP contribution < -0.4 is 0 Å². The van der Waals surface area contributed by atoms with Crippen LogP contribution in [-0.2, 0) is 13.1 Å². The van der Waals surface area contributed by atoms with Crippen molar-refractivity contribution in [3.05, 3.63) is 72.1 Å². The van der Waals surface area contributed by atoms with Gasteiger partial charge in [-0.05, 0) is 25.1 Å². The molecule has 0 aliphatic heterocycles. The maximum Gasteiger partial charge on any atom is 0.150 e. The zero-order valence-corrected chi connectivity index (χ0v) is 14.3. The molecule has 4 rings (SSSR count). The molecule has 0 N–H and O–H groups in total. The van der Waals surface area contributed by atoms with E-state index in [-0.39, 0.29) is 5.82 Å². The van der Waals surface area contributed by atoms with Gasteiger partial charge in [-0.1, -0.05) is 18.2 Å². The third-order valence-corrected chi connectivity index (χ3v) is 4.41. The highest BCUT2D eigenvalue weighted by Crippen LogP contribution is 2.22. The molecular weight excluding hydrogens is 331 g/mol. The number of carbonyl (C=O) groups is 1. The molecule has 0 spiro atoms. The van der Waals surface area contributed by atoms with Gasteiger partial charge in [-0.25, -0.2) is 14.4 Å². The van der Waals surface area contributed by atoms with Gasteiger partial charge < -0.3 is 9.13 Å². The van der Waals surface area contributed by atoms with Crippen molar-refractivity contribution in [2.75, 3.05) is 0 Å². The SMILES string of the molecule is CCn1c(Cn2ccnc2-c2cccc(C=O)c2)nc2cc(F)ccc21. The number of halogens is 1. The van der Waals surface area contributed by atoms with Crippen LogP contribution in [0.2, 0.25) is 0 Å². The fourth-order valence-electron chi connectivity index (χ4n) is 3.23. The van der Waals surface area contributed by atoms with E-state index >= 15 is 0 Å². The number of carbonyl (C=O) groups excluding carboxylic acids is 1. The fourth-order valence-corrected chi connectivity index (χ4v) is 3.23. The summed E-state index contributed by atoms with van der Waals surface area (Å²) >= 11 is 0.